The van der Waals surface area contributed by atoms with Crippen molar-refractivity contribution in [1.29, 1.82) is 0 Å². The van der Waals surface area contributed by atoms with E-state index in [2.05, 4.69) is 37.3 Å². The molecule has 0 saturated heterocycles. The maximum absolute atomic E-state index is 13.8. The Morgan fingerprint density at radius 3 is 2.32 bits per heavy atom. The molecule has 0 heterocycles. The predicted molar refractivity (Wildman–Crippen MR) is 82.0 cm³/mol. The third kappa shape index (κ3) is 3.86. The van der Waals surface area contributed by atoms with Gasteiger partial charge in [0, 0.05) is 14.5 Å². The summed E-state index contributed by atoms with van der Waals surface area (Å²) in [7, 11) is 0. The topological polar surface area (TPSA) is 38.0 Å². The molecule has 0 bridgehead atoms. The minimum absolute atomic E-state index is 0.261. The fourth-order valence-corrected chi connectivity index (χ4v) is 2.54. The number of hydrazine groups is 1. The molecule has 5 heteroatoms. The number of nitrogens with two attached hydrogens (primary N) is 1. The monoisotopic (exact) mass is 386 g/mol. The van der Waals surface area contributed by atoms with Gasteiger partial charge < -0.3 is 0 Å². The highest BCUT2D eigenvalue weighted by molar-refractivity contribution is 9.10. The van der Waals surface area contributed by atoms with Crippen molar-refractivity contribution in [3.05, 3.63) is 68.4 Å². The molecule has 1 unspecified atom stereocenters. The number of rotatable bonds is 4. The molecule has 0 saturated carbocycles. The van der Waals surface area contributed by atoms with Gasteiger partial charge in [-0.2, -0.15) is 0 Å². The van der Waals surface area contributed by atoms with Crippen molar-refractivity contribution in [1.82, 2.24) is 5.43 Å². The van der Waals surface area contributed by atoms with Crippen molar-refractivity contribution in [3.63, 3.8) is 0 Å². The fraction of sp³-hybridized carbons (Fsp3) is 0.143. The maximum atomic E-state index is 13.8. The third-order valence-corrected chi connectivity index (χ3v) is 3.91. The highest BCUT2D eigenvalue weighted by Crippen LogP contribution is 2.24. The standard InChI is InChI=1S/C14H13Br2FN2/c15-10-3-1-9(2-4-10)7-14(19-18)12-8-11(16)5-6-13(12)17/h1-6,8,14,19H,7,18H2. The van der Waals surface area contributed by atoms with Crippen LogP contribution in [0, 0.1) is 5.82 Å². The minimum Gasteiger partial charge on any atom is -0.271 e. The zero-order valence-corrected chi connectivity index (χ0v) is 13.2. The van der Waals surface area contributed by atoms with Crippen molar-refractivity contribution in [3.8, 4) is 0 Å². The average molecular weight is 388 g/mol. The van der Waals surface area contributed by atoms with Gasteiger partial charge in [-0.15, -0.1) is 0 Å². The lowest BCUT2D eigenvalue weighted by Gasteiger charge is -2.17. The summed E-state index contributed by atoms with van der Waals surface area (Å²) in [6, 6.07) is 12.5. The molecule has 3 N–H and O–H groups in total. The van der Waals surface area contributed by atoms with E-state index in [0.29, 0.717) is 12.0 Å². The van der Waals surface area contributed by atoms with Crippen LogP contribution in [-0.4, -0.2) is 0 Å². The number of nitrogens with one attached hydrogen (secondary N) is 1. The summed E-state index contributed by atoms with van der Waals surface area (Å²) in [5, 5.41) is 0. The van der Waals surface area contributed by atoms with Gasteiger partial charge >= 0.3 is 0 Å². The van der Waals surface area contributed by atoms with E-state index in [1.54, 1.807) is 12.1 Å². The van der Waals surface area contributed by atoms with Crippen molar-refractivity contribution in [2.45, 2.75) is 12.5 Å². The molecular weight excluding hydrogens is 375 g/mol. The summed E-state index contributed by atoms with van der Waals surface area (Å²) in [5.74, 6) is 5.30. The summed E-state index contributed by atoms with van der Waals surface area (Å²) in [6.07, 6.45) is 0.622. The molecule has 2 aromatic carbocycles. The van der Waals surface area contributed by atoms with Crippen LogP contribution < -0.4 is 11.3 Å². The van der Waals surface area contributed by atoms with Crippen LogP contribution in [0.25, 0.3) is 0 Å². The average Bonchev–Trinajstić information content (AvgIpc) is 2.41. The fourth-order valence-electron chi connectivity index (χ4n) is 1.90. The Kier molecular flexibility index (Phi) is 5.10. The van der Waals surface area contributed by atoms with Crippen LogP contribution >= 0.6 is 31.9 Å². The van der Waals surface area contributed by atoms with Gasteiger partial charge in [0.25, 0.3) is 0 Å². The Morgan fingerprint density at radius 2 is 1.68 bits per heavy atom. The summed E-state index contributed by atoms with van der Waals surface area (Å²) in [6.45, 7) is 0. The lowest BCUT2D eigenvalue weighted by atomic mass is 9.99. The second-order valence-electron chi connectivity index (χ2n) is 4.22. The van der Waals surface area contributed by atoms with E-state index in [1.165, 1.54) is 6.07 Å². The van der Waals surface area contributed by atoms with Gasteiger partial charge in [0.1, 0.15) is 5.82 Å². The maximum Gasteiger partial charge on any atom is 0.128 e. The lowest BCUT2D eigenvalue weighted by molar-refractivity contribution is 0.510. The second-order valence-corrected chi connectivity index (χ2v) is 6.05. The second kappa shape index (κ2) is 6.61. The van der Waals surface area contributed by atoms with Crippen LogP contribution in [0.1, 0.15) is 17.2 Å². The van der Waals surface area contributed by atoms with E-state index in [1.807, 2.05) is 24.3 Å². The third-order valence-electron chi connectivity index (χ3n) is 2.89. The van der Waals surface area contributed by atoms with E-state index in [4.69, 9.17) is 5.84 Å². The molecule has 0 aliphatic rings. The van der Waals surface area contributed by atoms with E-state index in [-0.39, 0.29) is 11.9 Å². The Balaban J connectivity index is 2.24. The molecule has 1 atom stereocenters. The van der Waals surface area contributed by atoms with E-state index >= 15 is 0 Å². The normalized spacial score (nSPS) is 12.4. The SMILES string of the molecule is NNC(Cc1ccc(Br)cc1)c1cc(Br)ccc1F. The summed E-state index contributed by atoms with van der Waals surface area (Å²) in [4.78, 5) is 0. The minimum atomic E-state index is -0.265. The van der Waals surface area contributed by atoms with Crippen molar-refractivity contribution in [2.75, 3.05) is 0 Å². The van der Waals surface area contributed by atoms with Crippen molar-refractivity contribution < 1.29 is 4.39 Å². The molecule has 0 aliphatic heterocycles. The van der Waals surface area contributed by atoms with Crippen LogP contribution in [0.2, 0.25) is 0 Å². The van der Waals surface area contributed by atoms with Crippen molar-refractivity contribution >= 4 is 31.9 Å². The van der Waals surface area contributed by atoms with E-state index in [9.17, 15) is 4.39 Å². The lowest BCUT2D eigenvalue weighted by Crippen LogP contribution is -2.30. The number of halogens is 3. The van der Waals surface area contributed by atoms with Gasteiger partial charge in [-0.25, -0.2) is 4.39 Å². The van der Waals surface area contributed by atoms with Crippen LogP contribution in [-0.2, 0) is 6.42 Å². The summed E-state index contributed by atoms with van der Waals surface area (Å²) in [5.41, 5.74) is 4.32. The van der Waals surface area contributed by atoms with Crippen LogP contribution in [0.4, 0.5) is 4.39 Å². The molecule has 2 nitrogen and oxygen atoms in total. The first-order valence-electron chi connectivity index (χ1n) is 5.75. The Labute approximate surface area is 128 Å². The largest absolute Gasteiger partial charge is 0.271 e. The molecule has 2 aromatic rings. The van der Waals surface area contributed by atoms with Gasteiger partial charge in [-0.3, -0.25) is 11.3 Å². The molecule has 0 aromatic heterocycles. The highest BCUT2D eigenvalue weighted by atomic mass is 79.9. The van der Waals surface area contributed by atoms with Crippen LogP contribution in [0.5, 0.6) is 0 Å². The van der Waals surface area contributed by atoms with Gasteiger partial charge in [0.05, 0.1) is 6.04 Å². The molecule has 100 valence electrons. The molecule has 0 radical (unpaired) electrons. The Hall–Kier alpha value is -0.750. The van der Waals surface area contributed by atoms with Crippen LogP contribution in [0.15, 0.2) is 51.4 Å². The van der Waals surface area contributed by atoms with Gasteiger partial charge in [-0.1, -0.05) is 44.0 Å². The van der Waals surface area contributed by atoms with Gasteiger partial charge in [-0.05, 0) is 42.3 Å². The molecule has 19 heavy (non-hydrogen) atoms. The molecule has 0 fully saturated rings. The number of hydrogen-bond donors (Lipinski definition) is 2. The van der Waals surface area contributed by atoms with Gasteiger partial charge in [0.15, 0.2) is 0 Å². The van der Waals surface area contributed by atoms with Crippen LogP contribution in [0.3, 0.4) is 0 Å². The predicted octanol–water partition coefficient (Wildman–Crippen LogP) is 4.10. The molecular formula is C14H13Br2FN2. The number of benzene rings is 2. The molecule has 0 aliphatic carbocycles. The first-order chi connectivity index (χ1) is 9.10. The van der Waals surface area contributed by atoms with E-state index < -0.39 is 0 Å². The highest BCUT2D eigenvalue weighted by Gasteiger charge is 2.15. The zero-order chi connectivity index (χ0) is 13.8. The smallest absolute Gasteiger partial charge is 0.128 e. The number of hydrogen-bond acceptors (Lipinski definition) is 2. The van der Waals surface area contributed by atoms with E-state index in [0.717, 1.165) is 14.5 Å². The zero-order valence-electron chi connectivity index (χ0n) is 10.0. The summed E-state index contributed by atoms with van der Waals surface area (Å²) < 4.78 is 15.7. The first-order valence-corrected chi connectivity index (χ1v) is 7.34. The molecule has 0 amide bonds. The molecule has 2 rings (SSSR count). The van der Waals surface area contributed by atoms with Gasteiger partial charge in [0.2, 0.25) is 0 Å². The Morgan fingerprint density at radius 1 is 1.05 bits per heavy atom. The Bertz CT molecular complexity index is 558. The van der Waals surface area contributed by atoms with Crippen molar-refractivity contribution in [2.24, 2.45) is 5.84 Å². The first kappa shape index (κ1) is 14.7. The summed E-state index contributed by atoms with van der Waals surface area (Å²) >= 11 is 6.74. The quantitative estimate of drug-likeness (QED) is 0.612. The molecule has 0 spiro atoms.